The lowest BCUT2D eigenvalue weighted by atomic mass is 10.0. The first kappa shape index (κ1) is 19.5. The molecule has 29 heavy (non-hydrogen) atoms. The molecular formula is C22H28N4O3. The summed E-state index contributed by atoms with van der Waals surface area (Å²) in [6.45, 7) is 4.43. The van der Waals surface area contributed by atoms with E-state index in [2.05, 4.69) is 17.2 Å². The lowest BCUT2D eigenvalue weighted by molar-refractivity contribution is 0.0664. The predicted octanol–water partition coefficient (Wildman–Crippen LogP) is 3.35. The molecule has 2 amide bonds. The lowest BCUT2D eigenvalue weighted by Crippen LogP contribution is -2.40. The highest BCUT2D eigenvalue weighted by Gasteiger charge is 2.31. The quantitative estimate of drug-likeness (QED) is 0.860. The van der Waals surface area contributed by atoms with Gasteiger partial charge in [-0.05, 0) is 50.2 Å². The zero-order valence-corrected chi connectivity index (χ0v) is 17.1. The minimum absolute atomic E-state index is 0.0554. The molecule has 1 N–H and O–H groups in total. The molecule has 1 unspecified atom stereocenters. The predicted molar refractivity (Wildman–Crippen MR) is 110 cm³/mol. The molecule has 4 rings (SSSR count). The summed E-state index contributed by atoms with van der Waals surface area (Å²) in [6, 6.07) is 7.22. The number of methoxy groups -OCH3 is 1. The van der Waals surface area contributed by atoms with Crippen molar-refractivity contribution < 1.29 is 14.3 Å². The van der Waals surface area contributed by atoms with Crippen molar-refractivity contribution in [2.75, 3.05) is 25.5 Å². The van der Waals surface area contributed by atoms with Crippen LogP contribution in [0.15, 0.2) is 24.3 Å². The normalized spacial score (nSPS) is 18.8. The Morgan fingerprint density at radius 2 is 2.07 bits per heavy atom. The Morgan fingerprint density at radius 3 is 2.86 bits per heavy atom. The maximum Gasteiger partial charge on any atom is 0.289 e. The number of benzene rings is 1. The molecule has 2 aliphatic heterocycles. The summed E-state index contributed by atoms with van der Waals surface area (Å²) in [5.41, 5.74) is 1.87. The number of hydrogen-bond acceptors (Lipinski definition) is 4. The molecule has 1 aromatic heterocycles. The van der Waals surface area contributed by atoms with E-state index >= 15 is 0 Å². The van der Waals surface area contributed by atoms with Gasteiger partial charge in [-0.15, -0.1) is 0 Å². The molecule has 2 aromatic rings. The first-order valence-corrected chi connectivity index (χ1v) is 10.4. The van der Waals surface area contributed by atoms with E-state index < -0.39 is 0 Å². The van der Waals surface area contributed by atoms with Gasteiger partial charge in [0.05, 0.1) is 12.8 Å². The van der Waals surface area contributed by atoms with Crippen LogP contribution in [-0.2, 0) is 13.0 Å². The highest BCUT2D eigenvalue weighted by Crippen LogP contribution is 2.25. The van der Waals surface area contributed by atoms with E-state index in [1.807, 2.05) is 27.7 Å². The Hall–Kier alpha value is -2.83. The second kappa shape index (κ2) is 8.27. The zero-order valence-electron chi connectivity index (χ0n) is 17.1. The number of fused-ring (bicyclic) bond motifs is 1. The molecule has 1 atom stereocenters. The van der Waals surface area contributed by atoms with Gasteiger partial charge in [0, 0.05) is 31.4 Å². The van der Waals surface area contributed by atoms with Crippen LogP contribution in [-0.4, -0.2) is 46.5 Å². The summed E-state index contributed by atoms with van der Waals surface area (Å²) in [4.78, 5) is 32.6. The van der Waals surface area contributed by atoms with Gasteiger partial charge in [0.25, 0.3) is 11.8 Å². The molecule has 0 bridgehead atoms. The van der Waals surface area contributed by atoms with Gasteiger partial charge in [-0.2, -0.15) is 0 Å². The van der Waals surface area contributed by atoms with Crippen LogP contribution < -0.4 is 10.1 Å². The molecule has 154 valence electrons. The van der Waals surface area contributed by atoms with Gasteiger partial charge in [0.2, 0.25) is 0 Å². The van der Waals surface area contributed by atoms with E-state index in [1.165, 1.54) is 0 Å². The average molecular weight is 396 g/mol. The van der Waals surface area contributed by atoms with Crippen LogP contribution in [0.1, 0.15) is 59.4 Å². The number of amides is 2. The molecule has 0 aliphatic carbocycles. The van der Waals surface area contributed by atoms with Gasteiger partial charge in [-0.1, -0.05) is 13.0 Å². The first-order valence-electron chi connectivity index (χ1n) is 10.4. The van der Waals surface area contributed by atoms with Crippen LogP contribution >= 0.6 is 0 Å². The molecular weight excluding hydrogens is 368 g/mol. The van der Waals surface area contributed by atoms with Crippen molar-refractivity contribution in [1.29, 1.82) is 0 Å². The number of piperidine rings is 1. The molecule has 1 saturated heterocycles. The van der Waals surface area contributed by atoms with Crippen molar-refractivity contribution >= 4 is 17.5 Å². The third-order valence-corrected chi connectivity index (χ3v) is 5.80. The van der Waals surface area contributed by atoms with E-state index in [-0.39, 0.29) is 11.8 Å². The molecule has 1 fully saturated rings. The van der Waals surface area contributed by atoms with Crippen LogP contribution in [0.25, 0.3) is 0 Å². The third kappa shape index (κ3) is 3.99. The fourth-order valence-corrected chi connectivity index (χ4v) is 4.29. The topological polar surface area (TPSA) is 76.5 Å². The maximum atomic E-state index is 13.2. The fourth-order valence-electron chi connectivity index (χ4n) is 4.29. The summed E-state index contributed by atoms with van der Waals surface area (Å²) < 4.78 is 7.19. The van der Waals surface area contributed by atoms with Crippen LogP contribution in [0.4, 0.5) is 5.69 Å². The van der Waals surface area contributed by atoms with Gasteiger partial charge >= 0.3 is 0 Å². The Morgan fingerprint density at radius 1 is 1.21 bits per heavy atom. The Balaban J connectivity index is 1.62. The number of imidazole rings is 1. The van der Waals surface area contributed by atoms with Crippen LogP contribution in [0, 0.1) is 5.92 Å². The van der Waals surface area contributed by atoms with Crippen LogP contribution in [0.5, 0.6) is 5.75 Å². The second-order valence-corrected chi connectivity index (χ2v) is 8.02. The number of nitrogens with zero attached hydrogens (tertiary/aromatic N) is 3. The van der Waals surface area contributed by atoms with Crippen molar-refractivity contribution in [3.05, 3.63) is 41.5 Å². The van der Waals surface area contributed by atoms with E-state index in [0.717, 1.165) is 57.4 Å². The molecule has 7 nitrogen and oxygen atoms in total. The summed E-state index contributed by atoms with van der Waals surface area (Å²) in [7, 11) is 1.59. The van der Waals surface area contributed by atoms with Crippen molar-refractivity contribution in [1.82, 2.24) is 14.5 Å². The van der Waals surface area contributed by atoms with Gasteiger partial charge in [-0.3, -0.25) is 9.59 Å². The molecule has 2 aliphatic rings. The monoisotopic (exact) mass is 396 g/mol. The Kier molecular flexibility index (Phi) is 5.56. The maximum absolute atomic E-state index is 13.2. The number of likely N-dealkylation sites (tertiary alicyclic amines) is 1. The van der Waals surface area contributed by atoms with Crippen LogP contribution in [0.2, 0.25) is 0 Å². The van der Waals surface area contributed by atoms with E-state index in [4.69, 9.17) is 4.74 Å². The lowest BCUT2D eigenvalue weighted by Gasteiger charge is -2.31. The van der Waals surface area contributed by atoms with E-state index in [0.29, 0.717) is 28.9 Å². The molecule has 0 radical (unpaired) electrons. The largest absolute Gasteiger partial charge is 0.497 e. The smallest absolute Gasteiger partial charge is 0.289 e. The van der Waals surface area contributed by atoms with Gasteiger partial charge in [-0.25, -0.2) is 4.98 Å². The number of ether oxygens (including phenoxy) is 1. The van der Waals surface area contributed by atoms with Crippen molar-refractivity contribution in [2.24, 2.45) is 5.92 Å². The van der Waals surface area contributed by atoms with Crippen molar-refractivity contribution in [3.8, 4) is 5.75 Å². The molecule has 7 heteroatoms. The number of rotatable bonds is 4. The minimum Gasteiger partial charge on any atom is -0.497 e. The van der Waals surface area contributed by atoms with E-state index in [9.17, 15) is 9.59 Å². The number of nitrogens with one attached hydrogen (secondary N) is 1. The van der Waals surface area contributed by atoms with E-state index in [1.54, 1.807) is 13.2 Å². The fraction of sp³-hybridized carbons (Fsp3) is 0.500. The van der Waals surface area contributed by atoms with Gasteiger partial charge in [0.1, 0.15) is 5.75 Å². The summed E-state index contributed by atoms with van der Waals surface area (Å²) in [5, 5.41) is 2.90. The van der Waals surface area contributed by atoms with Crippen molar-refractivity contribution in [2.45, 2.75) is 45.6 Å². The van der Waals surface area contributed by atoms with Crippen LogP contribution in [0.3, 0.4) is 0 Å². The standard InChI is InChI=1S/C22H28N4O3/c1-15-7-6-11-25(14-15)22(28)20-24-19(18-10-3-4-12-26(18)20)21(27)23-16-8-5-9-17(13-16)29-2/h5,8-9,13,15H,3-4,6-7,10-12,14H2,1-2H3,(H,23,27). The average Bonchev–Trinajstić information content (AvgIpc) is 3.13. The van der Waals surface area contributed by atoms with Gasteiger partial charge < -0.3 is 19.5 Å². The third-order valence-electron chi connectivity index (χ3n) is 5.80. The Labute approximate surface area is 171 Å². The highest BCUT2D eigenvalue weighted by atomic mass is 16.5. The number of anilines is 1. The first-order chi connectivity index (χ1) is 14.1. The SMILES string of the molecule is COc1cccc(NC(=O)c2nc(C(=O)N3CCCC(C)C3)n3c2CCCC3)c1. The zero-order chi connectivity index (χ0) is 20.4. The molecule has 1 aromatic carbocycles. The Bertz CT molecular complexity index is 921. The summed E-state index contributed by atoms with van der Waals surface area (Å²) in [6.07, 6.45) is 4.93. The number of aromatic nitrogens is 2. The number of carbonyl (C=O) groups excluding carboxylic acids is 2. The van der Waals surface area contributed by atoms with Gasteiger partial charge in [0.15, 0.2) is 11.5 Å². The summed E-state index contributed by atoms with van der Waals surface area (Å²) >= 11 is 0. The second-order valence-electron chi connectivity index (χ2n) is 8.02. The minimum atomic E-state index is -0.282. The number of hydrogen-bond donors (Lipinski definition) is 1. The molecule has 0 spiro atoms. The van der Waals surface area contributed by atoms with Crippen molar-refractivity contribution in [3.63, 3.8) is 0 Å². The highest BCUT2D eigenvalue weighted by molar-refractivity contribution is 6.05. The molecule has 3 heterocycles. The molecule has 0 saturated carbocycles. The number of carbonyl (C=O) groups is 2. The summed E-state index contributed by atoms with van der Waals surface area (Å²) in [5.74, 6) is 1.24.